The fourth-order valence-corrected chi connectivity index (χ4v) is 17.9. The summed E-state index contributed by atoms with van der Waals surface area (Å²) in [6, 6.07) is 105. The van der Waals surface area contributed by atoms with Crippen LogP contribution in [0.3, 0.4) is 0 Å². The first-order valence-electron chi connectivity index (χ1n) is 26.5. The van der Waals surface area contributed by atoms with E-state index in [0.717, 1.165) is 61.1 Å². The van der Waals surface area contributed by atoms with Gasteiger partial charge in [-0.3, -0.25) is 0 Å². The number of rotatable bonds is 8. The van der Waals surface area contributed by atoms with Gasteiger partial charge in [-0.15, -0.1) is 0 Å². The molecule has 5 heteroatoms. The zero-order valence-corrected chi connectivity index (χ0v) is 42.9. The Bertz CT molecular complexity index is 4840. The van der Waals surface area contributed by atoms with Gasteiger partial charge in [0.15, 0.2) is 8.07 Å². The van der Waals surface area contributed by atoms with Gasteiger partial charge in [0.2, 0.25) is 0 Å². The van der Waals surface area contributed by atoms with Gasteiger partial charge in [0.25, 0.3) is 0 Å². The van der Waals surface area contributed by atoms with Crippen molar-refractivity contribution in [3.8, 4) is 28.2 Å². The molecule has 0 saturated carbocycles. The van der Waals surface area contributed by atoms with Crippen LogP contribution in [0.5, 0.6) is 0 Å². The molecule has 0 atom stereocenters. The molecule has 0 bridgehead atoms. The number of benzene rings is 12. The lowest BCUT2D eigenvalue weighted by Crippen LogP contribution is -2.74. The van der Waals surface area contributed by atoms with Crippen molar-refractivity contribution < 1.29 is 4.42 Å². The number of para-hydroxylation sites is 4. The first-order valence-corrected chi connectivity index (χ1v) is 28.5. The number of furan rings is 1. The fraction of sp³-hybridized carbons (Fsp3) is 0. The summed E-state index contributed by atoms with van der Waals surface area (Å²) < 4.78 is 13.8. The lowest BCUT2D eigenvalue weighted by Gasteiger charge is -2.34. The van der Waals surface area contributed by atoms with Gasteiger partial charge in [-0.25, -0.2) is 0 Å². The van der Waals surface area contributed by atoms with Crippen LogP contribution in [0.2, 0.25) is 0 Å². The molecule has 0 aliphatic carbocycles. The SMILES string of the molecule is c1ccc([Si](c2ccccc2)(c2ccccc2)c2cccc(-n3c4ccccc4c4cc(-n5c6ccc(-n7c8ccccc8c8ccccc87)cc6c6c(-c7ccc8oc9ccccc9c8c7)cccc65)ccc43)c2)cc1. The third kappa shape index (κ3) is 6.45. The number of hydrogen-bond donors (Lipinski definition) is 0. The van der Waals surface area contributed by atoms with Crippen LogP contribution in [0, 0.1) is 0 Å². The summed E-state index contributed by atoms with van der Waals surface area (Å²) in [5.41, 5.74) is 14.5. The van der Waals surface area contributed by atoms with Crippen LogP contribution in [0.1, 0.15) is 0 Å². The van der Waals surface area contributed by atoms with Crippen molar-refractivity contribution in [3.05, 3.63) is 285 Å². The third-order valence-corrected chi connectivity index (χ3v) is 21.1. The van der Waals surface area contributed by atoms with E-state index in [0.29, 0.717) is 0 Å². The fourth-order valence-electron chi connectivity index (χ4n) is 13.1. The molecule has 0 N–H and O–H groups in total. The highest BCUT2D eigenvalue weighted by molar-refractivity contribution is 7.19. The van der Waals surface area contributed by atoms with Crippen molar-refractivity contribution in [3.63, 3.8) is 0 Å². The van der Waals surface area contributed by atoms with E-state index in [1.807, 2.05) is 6.07 Å². The van der Waals surface area contributed by atoms with Crippen LogP contribution in [-0.4, -0.2) is 21.8 Å². The van der Waals surface area contributed by atoms with Gasteiger partial charge in [-0.1, -0.05) is 194 Å². The second kappa shape index (κ2) is 17.0. The van der Waals surface area contributed by atoms with E-state index in [2.05, 4.69) is 293 Å². The Hall–Kier alpha value is -9.94. The van der Waals surface area contributed by atoms with Crippen LogP contribution in [-0.2, 0) is 0 Å². The minimum Gasteiger partial charge on any atom is -0.456 e. The van der Waals surface area contributed by atoms with Gasteiger partial charge in [-0.05, 0) is 123 Å². The monoisotopic (exact) mass is 997 g/mol. The average Bonchev–Trinajstić information content (AvgIpc) is 4.26. The minimum atomic E-state index is -2.80. The molecule has 0 amide bonds. The highest BCUT2D eigenvalue weighted by atomic mass is 28.3. The Morgan fingerprint density at radius 3 is 1.29 bits per heavy atom. The molecule has 16 rings (SSSR count). The van der Waals surface area contributed by atoms with E-state index in [4.69, 9.17) is 4.42 Å². The summed E-state index contributed by atoms with van der Waals surface area (Å²) in [7, 11) is -2.80. The van der Waals surface area contributed by atoms with Gasteiger partial charge in [0.05, 0.1) is 33.1 Å². The predicted octanol–water partition coefficient (Wildman–Crippen LogP) is 15.9. The molecule has 0 saturated heterocycles. The van der Waals surface area contributed by atoms with E-state index >= 15 is 0 Å². The summed E-state index contributed by atoms with van der Waals surface area (Å²) in [5, 5.41) is 14.9. The molecule has 360 valence electrons. The average molecular weight is 998 g/mol. The zero-order valence-electron chi connectivity index (χ0n) is 41.9. The molecular weight excluding hydrogens is 951 g/mol. The Balaban J connectivity index is 0.930. The lowest BCUT2D eigenvalue weighted by atomic mass is 9.97. The van der Waals surface area contributed by atoms with Crippen molar-refractivity contribution in [1.29, 1.82) is 0 Å². The van der Waals surface area contributed by atoms with Gasteiger partial charge in [0, 0.05) is 60.2 Å². The van der Waals surface area contributed by atoms with Crippen molar-refractivity contribution in [1.82, 2.24) is 13.7 Å². The van der Waals surface area contributed by atoms with E-state index in [9.17, 15) is 0 Å². The van der Waals surface area contributed by atoms with Crippen LogP contribution in [0.4, 0.5) is 0 Å². The van der Waals surface area contributed by atoms with E-state index in [1.54, 1.807) is 0 Å². The molecule has 16 aromatic rings. The summed E-state index contributed by atoms with van der Waals surface area (Å²) in [5.74, 6) is 0. The highest BCUT2D eigenvalue weighted by Crippen LogP contribution is 2.43. The molecule has 4 nitrogen and oxygen atoms in total. The molecular formula is C72H47N3OSi. The van der Waals surface area contributed by atoms with Crippen molar-refractivity contribution in [2.24, 2.45) is 0 Å². The number of fused-ring (bicyclic) bond motifs is 12. The van der Waals surface area contributed by atoms with Gasteiger partial charge < -0.3 is 18.1 Å². The quantitative estimate of drug-likeness (QED) is 0.110. The van der Waals surface area contributed by atoms with Crippen LogP contribution >= 0.6 is 0 Å². The second-order valence-corrected chi connectivity index (χ2v) is 24.2. The molecule has 77 heavy (non-hydrogen) atoms. The molecule has 0 aliphatic heterocycles. The van der Waals surface area contributed by atoms with Gasteiger partial charge in [0.1, 0.15) is 11.2 Å². The topological polar surface area (TPSA) is 27.9 Å². The van der Waals surface area contributed by atoms with Crippen molar-refractivity contribution in [2.75, 3.05) is 0 Å². The standard InChI is InChI=1S/C72H47N3OSi/c1-4-21-52(22-5-1)77(53-23-6-2-7-24-53,54-25-8-3-9-26-54)55-27-18-20-49(45-55)73-66-35-16-12-30-59(66)61-46-50(39-41-67(61)73)75-68-42-40-51(74-64-33-14-10-28-57(64)58-29-11-15-34-65(58)74)47-63(68)72-56(32-19-36-69(72)75)48-38-43-71-62(44-48)60-31-13-17-37-70(60)76-71/h1-47H. The smallest absolute Gasteiger partial charge is 0.179 e. The maximum Gasteiger partial charge on any atom is 0.179 e. The summed E-state index contributed by atoms with van der Waals surface area (Å²) in [6.45, 7) is 0. The minimum absolute atomic E-state index is 0.891. The summed E-state index contributed by atoms with van der Waals surface area (Å²) in [4.78, 5) is 0. The van der Waals surface area contributed by atoms with E-state index in [1.165, 1.54) is 75.2 Å². The normalized spacial score (nSPS) is 12.2. The highest BCUT2D eigenvalue weighted by Gasteiger charge is 2.41. The summed E-state index contributed by atoms with van der Waals surface area (Å²) >= 11 is 0. The van der Waals surface area contributed by atoms with Crippen LogP contribution < -0.4 is 20.7 Å². The summed E-state index contributed by atoms with van der Waals surface area (Å²) in [6.07, 6.45) is 0. The number of hydrogen-bond acceptors (Lipinski definition) is 1. The van der Waals surface area contributed by atoms with Crippen LogP contribution in [0.15, 0.2) is 290 Å². The number of aromatic nitrogens is 3. The Morgan fingerprint density at radius 2 is 0.675 bits per heavy atom. The molecule has 0 fully saturated rings. The predicted molar refractivity (Wildman–Crippen MR) is 326 cm³/mol. The first kappa shape index (κ1) is 43.5. The number of nitrogens with zero attached hydrogens (tertiary/aromatic N) is 3. The van der Waals surface area contributed by atoms with Crippen molar-refractivity contribution >= 4 is 116 Å². The zero-order chi connectivity index (χ0) is 50.6. The maximum absolute atomic E-state index is 6.35. The van der Waals surface area contributed by atoms with Crippen molar-refractivity contribution in [2.45, 2.75) is 0 Å². The van der Waals surface area contributed by atoms with Crippen LogP contribution in [0.25, 0.3) is 116 Å². The second-order valence-electron chi connectivity index (χ2n) is 20.4. The molecule has 0 unspecified atom stereocenters. The molecule has 4 heterocycles. The Kier molecular flexibility index (Phi) is 9.62. The first-order chi connectivity index (χ1) is 38.2. The van der Waals surface area contributed by atoms with Gasteiger partial charge in [-0.2, -0.15) is 0 Å². The van der Waals surface area contributed by atoms with Gasteiger partial charge >= 0.3 is 0 Å². The largest absolute Gasteiger partial charge is 0.456 e. The van der Waals surface area contributed by atoms with E-state index in [-0.39, 0.29) is 0 Å². The molecule has 0 radical (unpaired) electrons. The lowest BCUT2D eigenvalue weighted by molar-refractivity contribution is 0.669. The maximum atomic E-state index is 6.35. The molecule has 0 aliphatic rings. The molecule has 12 aromatic carbocycles. The Labute approximate surface area is 445 Å². The Morgan fingerprint density at radius 1 is 0.247 bits per heavy atom. The molecule has 4 aromatic heterocycles. The molecule has 0 spiro atoms. The van der Waals surface area contributed by atoms with E-state index < -0.39 is 8.07 Å². The third-order valence-electron chi connectivity index (χ3n) is 16.4.